The van der Waals surface area contributed by atoms with Gasteiger partial charge in [0.05, 0.1) is 12.1 Å². The molecule has 0 aromatic carbocycles. The number of nitrogens with zero attached hydrogens (tertiary/aromatic N) is 4. The molecule has 0 aliphatic carbocycles. The molecule has 0 radical (unpaired) electrons. The highest BCUT2D eigenvalue weighted by atomic mass is 32.2. The van der Waals surface area contributed by atoms with Crippen LogP contribution in [0, 0.1) is 22.7 Å². The molecule has 0 spiro atoms. The van der Waals surface area contributed by atoms with Crippen LogP contribution in [0.1, 0.15) is 13.8 Å². The maximum atomic E-state index is 11.6. The molecule has 0 N–H and O–H groups in total. The molecular formula is C10H16N4O2S. The van der Waals surface area contributed by atoms with Gasteiger partial charge in [-0.2, -0.15) is 14.8 Å². The van der Waals surface area contributed by atoms with Gasteiger partial charge in [0.2, 0.25) is 10.0 Å². The van der Waals surface area contributed by atoms with Crippen LogP contribution in [0.25, 0.3) is 0 Å². The van der Waals surface area contributed by atoms with Crippen molar-refractivity contribution in [2.75, 3.05) is 31.9 Å². The van der Waals surface area contributed by atoms with Gasteiger partial charge in [0.15, 0.2) is 5.75 Å². The van der Waals surface area contributed by atoms with Crippen LogP contribution in [0.15, 0.2) is 0 Å². The van der Waals surface area contributed by atoms with Gasteiger partial charge in [-0.3, -0.25) is 4.90 Å². The molecule has 7 heteroatoms. The van der Waals surface area contributed by atoms with Crippen LogP contribution >= 0.6 is 0 Å². The van der Waals surface area contributed by atoms with Crippen molar-refractivity contribution in [1.82, 2.24) is 9.21 Å². The summed E-state index contributed by atoms with van der Waals surface area (Å²) in [5, 5.41) is 17.4. The topological polar surface area (TPSA) is 88.2 Å². The zero-order valence-corrected chi connectivity index (χ0v) is 10.9. The Balaban J connectivity index is 2.65. The van der Waals surface area contributed by atoms with Crippen LogP contribution in [0.2, 0.25) is 0 Å². The summed E-state index contributed by atoms with van der Waals surface area (Å²) in [7, 11) is -3.45. The molecule has 1 fully saturated rings. The summed E-state index contributed by atoms with van der Waals surface area (Å²) in [5.41, 5.74) is -0.578. The Bertz CT molecular complexity index is 450. The Morgan fingerprint density at radius 1 is 1.18 bits per heavy atom. The number of piperazine rings is 1. The number of nitriles is 2. The van der Waals surface area contributed by atoms with E-state index in [0.717, 1.165) is 0 Å². The van der Waals surface area contributed by atoms with E-state index >= 15 is 0 Å². The average molecular weight is 256 g/mol. The van der Waals surface area contributed by atoms with E-state index in [1.165, 1.54) is 4.31 Å². The molecule has 1 saturated heterocycles. The molecule has 0 atom stereocenters. The summed E-state index contributed by atoms with van der Waals surface area (Å²) in [6.07, 6.45) is 0. The van der Waals surface area contributed by atoms with Crippen LogP contribution in [-0.2, 0) is 10.0 Å². The second-order valence-corrected chi connectivity index (χ2v) is 6.44. The Morgan fingerprint density at radius 2 is 1.71 bits per heavy atom. The van der Waals surface area contributed by atoms with Crippen molar-refractivity contribution in [1.29, 1.82) is 10.5 Å². The quantitative estimate of drug-likeness (QED) is 0.695. The fourth-order valence-electron chi connectivity index (χ4n) is 1.77. The van der Waals surface area contributed by atoms with Gasteiger partial charge in [0.25, 0.3) is 0 Å². The van der Waals surface area contributed by atoms with Gasteiger partial charge in [-0.25, -0.2) is 8.42 Å². The van der Waals surface area contributed by atoms with Gasteiger partial charge in [0.1, 0.15) is 5.54 Å². The Morgan fingerprint density at radius 3 is 2.12 bits per heavy atom. The van der Waals surface area contributed by atoms with E-state index in [9.17, 15) is 8.42 Å². The van der Waals surface area contributed by atoms with Gasteiger partial charge in [-0.15, -0.1) is 0 Å². The third-order valence-corrected chi connectivity index (χ3v) is 4.59. The van der Waals surface area contributed by atoms with E-state index in [-0.39, 0.29) is 0 Å². The first-order valence-corrected chi connectivity index (χ1v) is 6.95. The van der Waals surface area contributed by atoms with E-state index in [1.807, 2.05) is 18.7 Å². The first-order chi connectivity index (χ1) is 7.83. The smallest absolute Gasteiger partial charge is 0.227 e. The summed E-state index contributed by atoms with van der Waals surface area (Å²) >= 11 is 0. The van der Waals surface area contributed by atoms with E-state index < -0.39 is 21.3 Å². The highest BCUT2D eigenvalue weighted by Crippen LogP contribution is 2.17. The second kappa shape index (κ2) is 5.01. The second-order valence-electron chi connectivity index (χ2n) is 4.47. The van der Waals surface area contributed by atoms with Crippen molar-refractivity contribution in [3.05, 3.63) is 0 Å². The van der Waals surface area contributed by atoms with Crippen molar-refractivity contribution in [2.45, 2.75) is 19.4 Å². The fraction of sp³-hybridized carbons (Fsp3) is 0.800. The largest absolute Gasteiger partial charge is 0.283 e. The van der Waals surface area contributed by atoms with Crippen molar-refractivity contribution in [3.8, 4) is 12.1 Å². The summed E-state index contributed by atoms with van der Waals surface area (Å²) in [4.78, 5) is 1.95. The minimum Gasteiger partial charge on any atom is -0.283 e. The highest BCUT2D eigenvalue weighted by Gasteiger charge is 2.33. The molecule has 0 unspecified atom stereocenters. The normalized spacial score (nSPS) is 19.5. The number of sulfonamides is 1. The minimum absolute atomic E-state index is 0.342. The molecule has 0 saturated carbocycles. The van der Waals surface area contributed by atoms with Crippen LogP contribution in [0.5, 0.6) is 0 Å². The molecular weight excluding hydrogens is 240 g/mol. The molecule has 17 heavy (non-hydrogen) atoms. The fourth-order valence-corrected chi connectivity index (χ4v) is 2.83. The van der Waals surface area contributed by atoms with Gasteiger partial charge >= 0.3 is 0 Å². The molecule has 0 bridgehead atoms. The lowest BCUT2D eigenvalue weighted by molar-refractivity contribution is 0.115. The molecule has 1 heterocycles. The molecule has 0 aromatic heterocycles. The van der Waals surface area contributed by atoms with E-state index in [1.54, 1.807) is 6.07 Å². The standard InChI is InChI=1S/C10H16N4O2S/c1-10(2,9-12)13-4-6-14(7-5-13)17(15,16)8-3-11/h4-8H2,1-2H3. The Kier molecular flexibility index (Phi) is 4.10. The molecule has 0 aromatic rings. The molecule has 1 aliphatic heterocycles. The third-order valence-electron chi connectivity index (χ3n) is 2.94. The third kappa shape index (κ3) is 3.16. The van der Waals surface area contributed by atoms with E-state index in [2.05, 4.69) is 6.07 Å². The average Bonchev–Trinajstić information content (AvgIpc) is 2.29. The molecule has 6 nitrogen and oxygen atoms in total. The van der Waals surface area contributed by atoms with Crippen molar-refractivity contribution in [3.63, 3.8) is 0 Å². The van der Waals surface area contributed by atoms with Crippen LogP contribution in [0.3, 0.4) is 0 Å². The van der Waals surface area contributed by atoms with Crippen LogP contribution in [-0.4, -0.2) is 55.1 Å². The predicted octanol–water partition coefficient (Wildman–Crippen LogP) is -0.240. The number of hydrogen-bond acceptors (Lipinski definition) is 5. The lowest BCUT2D eigenvalue weighted by atomic mass is 10.0. The molecule has 1 rings (SSSR count). The van der Waals surface area contributed by atoms with Crippen LogP contribution in [0.4, 0.5) is 0 Å². The van der Waals surface area contributed by atoms with Gasteiger partial charge in [0, 0.05) is 26.2 Å². The van der Waals surface area contributed by atoms with Crippen LogP contribution < -0.4 is 0 Å². The highest BCUT2D eigenvalue weighted by molar-refractivity contribution is 7.89. The SMILES string of the molecule is CC(C)(C#N)N1CCN(S(=O)(=O)CC#N)CC1. The van der Waals surface area contributed by atoms with Gasteiger partial charge < -0.3 is 0 Å². The summed E-state index contributed by atoms with van der Waals surface area (Å²) in [6.45, 7) is 5.35. The monoisotopic (exact) mass is 256 g/mol. The molecule has 94 valence electrons. The Labute approximate surface area is 102 Å². The maximum Gasteiger partial charge on any atom is 0.227 e. The maximum absolute atomic E-state index is 11.6. The van der Waals surface area contributed by atoms with E-state index in [4.69, 9.17) is 10.5 Å². The van der Waals surface area contributed by atoms with Crippen molar-refractivity contribution < 1.29 is 8.42 Å². The number of hydrogen-bond donors (Lipinski definition) is 0. The summed E-state index contributed by atoms with van der Waals surface area (Å²) in [6, 6.07) is 3.86. The first-order valence-electron chi connectivity index (χ1n) is 5.34. The summed E-state index contributed by atoms with van der Waals surface area (Å²) in [5.74, 6) is -0.478. The van der Waals surface area contributed by atoms with E-state index in [0.29, 0.717) is 26.2 Å². The lowest BCUT2D eigenvalue weighted by Gasteiger charge is -2.39. The van der Waals surface area contributed by atoms with Gasteiger partial charge in [-0.05, 0) is 13.8 Å². The minimum atomic E-state index is -3.45. The summed E-state index contributed by atoms with van der Waals surface area (Å²) < 4.78 is 24.6. The zero-order valence-electron chi connectivity index (χ0n) is 10.0. The zero-order chi connectivity index (χ0) is 13.1. The lowest BCUT2D eigenvalue weighted by Crippen LogP contribution is -2.55. The molecule has 0 amide bonds. The number of rotatable bonds is 3. The van der Waals surface area contributed by atoms with Crippen molar-refractivity contribution >= 4 is 10.0 Å². The first kappa shape index (κ1) is 13.9. The van der Waals surface area contributed by atoms with Gasteiger partial charge in [-0.1, -0.05) is 0 Å². The molecule has 1 aliphatic rings. The van der Waals surface area contributed by atoms with Crippen molar-refractivity contribution in [2.24, 2.45) is 0 Å². The predicted molar refractivity (Wildman–Crippen MR) is 62.2 cm³/mol. The Hall–Kier alpha value is -1.15.